The molecule has 1 N–H and O–H groups in total. The van der Waals surface area contributed by atoms with Crippen molar-refractivity contribution in [3.63, 3.8) is 0 Å². The standard InChI is InChI=1S/C16H18N2OS/c1-10(2)16-18-13-8-12(4-5-14(13)19-16)17-9-15-11(3)6-7-20-15/h4-8,10,17H,9H2,1-3H3. The Morgan fingerprint density at radius 1 is 1.30 bits per heavy atom. The molecule has 3 aromatic rings. The molecule has 0 radical (unpaired) electrons. The molecule has 0 bridgehead atoms. The second-order valence-electron chi connectivity index (χ2n) is 5.27. The Balaban J connectivity index is 1.80. The van der Waals surface area contributed by atoms with Crippen molar-refractivity contribution in [2.75, 3.05) is 5.32 Å². The lowest BCUT2D eigenvalue weighted by molar-refractivity contribution is 0.501. The van der Waals surface area contributed by atoms with Gasteiger partial charge in [0, 0.05) is 23.0 Å². The van der Waals surface area contributed by atoms with E-state index in [0.717, 1.165) is 29.2 Å². The highest BCUT2D eigenvalue weighted by atomic mass is 32.1. The van der Waals surface area contributed by atoms with Gasteiger partial charge in [0.25, 0.3) is 0 Å². The smallest absolute Gasteiger partial charge is 0.198 e. The van der Waals surface area contributed by atoms with Crippen LogP contribution in [0.15, 0.2) is 34.1 Å². The van der Waals surface area contributed by atoms with Gasteiger partial charge in [-0.3, -0.25) is 0 Å². The van der Waals surface area contributed by atoms with Crippen LogP contribution < -0.4 is 5.32 Å². The number of oxazole rings is 1. The third kappa shape index (κ3) is 2.56. The van der Waals surface area contributed by atoms with Gasteiger partial charge < -0.3 is 9.73 Å². The molecule has 0 fully saturated rings. The maximum Gasteiger partial charge on any atom is 0.198 e. The first kappa shape index (κ1) is 13.2. The predicted molar refractivity (Wildman–Crippen MR) is 84.5 cm³/mol. The van der Waals surface area contributed by atoms with E-state index >= 15 is 0 Å². The summed E-state index contributed by atoms with van der Waals surface area (Å²) in [5.74, 6) is 1.11. The molecule has 0 atom stereocenters. The highest BCUT2D eigenvalue weighted by Gasteiger charge is 2.09. The molecule has 3 nitrogen and oxygen atoms in total. The third-order valence-corrected chi connectivity index (χ3v) is 4.34. The van der Waals surface area contributed by atoms with Crippen LogP contribution in [0.5, 0.6) is 0 Å². The Morgan fingerprint density at radius 3 is 2.85 bits per heavy atom. The maximum absolute atomic E-state index is 5.72. The predicted octanol–water partition coefficient (Wildman–Crippen LogP) is 4.93. The topological polar surface area (TPSA) is 38.1 Å². The summed E-state index contributed by atoms with van der Waals surface area (Å²) in [6.45, 7) is 7.17. The van der Waals surface area contributed by atoms with E-state index in [9.17, 15) is 0 Å². The van der Waals surface area contributed by atoms with Crippen LogP contribution in [0, 0.1) is 6.92 Å². The van der Waals surface area contributed by atoms with E-state index in [1.54, 1.807) is 11.3 Å². The SMILES string of the molecule is Cc1ccsc1CNc1ccc2oc(C(C)C)nc2c1. The molecule has 2 heterocycles. The lowest BCUT2D eigenvalue weighted by Crippen LogP contribution is -1.98. The third-order valence-electron chi connectivity index (χ3n) is 3.32. The summed E-state index contributed by atoms with van der Waals surface area (Å²) in [6.07, 6.45) is 0. The van der Waals surface area contributed by atoms with Crippen LogP contribution in [0.2, 0.25) is 0 Å². The molecule has 3 rings (SSSR count). The number of hydrogen-bond donors (Lipinski definition) is 1. The van der Waals surface area contributed by atoms with Gasteiger partial charge in [-0.15, -0.1) is 11.3 Å². The summed E-state index contributed by atoms with van der Waals surface area (Å²) in [5.41, 5.74) is 4.19. The van der Waals surface area contributed by atoms with E-state index in [1.807, 2.05) is 18.2 Å². The van der Waals surface area contributed by atoms with Gasteiger partial charge in [0.05, 0.1) is 0 Å². The Bertz CT molecular complexity index is 727. The van der Waals surface area contributed by atoms with E-state index in [1.165, 1.54) is 10.4 Å². The molecule has 0 aliphatic carbocycles. The number of aryl methyl sites for hydroxylation is 1. The number of rotatable bonds is 4. The Labute approximate surface area is 122 Å². The summed E-state index contributed by atoms with van der Waals surface area (Å²) in [5, 5.41) is 5.57. The maximum atomic E-state index is 5.72. The van der Waals surface area contributed by atoms with Crippen molar-refractivity contribution in [2.45, 2.75) is 33.2 Å². The second-order valence-corrected chi connectivity index (χ2v) is 6.27. The quantitative estimate of drug-likeness (QED) is 0.738. The fraction of sp³-hybridized carbons (Fsp3) is 0.312. The first-order chi connectivity index (χ1) is 9.63. The molecule has 104 valence electrons. The number of thiophene rings is 1. The Kier molecular flexibility index (Phi) is 3.49. The first-order valence-corrected chi connectivity index (χ1v) is 7.69. The number of benzene rings is 1. The summed E-state index contributed by atoms with van der Waals surface area (Å²) in [4.78, 5) is 5.90. The lowest BCUT2D eigenvalue weighted by Gasteiger charge is -2.05. The summed E-state index contributed by atoms with van der Waals surface area (Å²) in [6, 6.07) is 8.23. The van der Waals surface area contributed by atoms with Crippen molar-refractivity contribution in [1.82, 2.24) is 4.98 Å². The van der Waals surface area contributed by atoms with Gasteiger partial charge in [0.15, 0.2) is 11.5 Å². The Morgan fingerprint density at radius 2 is 2.15 bits per heavy atom. The van der Waals surface area contributed by atoms with Crippen LogP contribution in [0.4, 0.5) is 5.69 Å². The number of anilines is 1. The van der Waals surface area contributed by atoms with Crippen LogP contribution in [-0.4, -0.2) is 4.98 Å². The van der Waals surface area contributed by atoms with Gasteiger partial charge in [0.2, 0.25) is 0 Å². The van der Waals surface area contributed by atoms with E-state index in [2.05, 4.69) is 42.5 Å². The zero-order valence-electron chi connectivity index (χ0n) is 11.9. The largest absolute Gasteiger partial charge is 0.440 e. The van der Waals surface area contributed by atoms with Crippen LogP contribution in [0.1, 0.15) is 36.1 Å². The van der Waals surface area contributed by atoms with Gasteiger partial charge in [0.1, 0.15) is 5.52 Å². The number of aromatic nitrogens is 1. The van der Waals surface area contributed by atoms with Crippen LogP contribution >= 0.6 is 11.3 Å². The molecule has 0 spiro atoms. The van der Waals surface area contributed by atoms with Gasteiger partial charge in [-0.1, -0.05) is 13.8 Å². The fourth-order valence-corrected chi connectivity index (χ4v) is 2.92. The zero-order chi connectivity index (χ0) is 14.1. The van der Waals surface area contributed by atoms with Crippen molar-refractivity contribution in [3.05, 3.63) is 46.0 Å². The molecule has 0 aliphatic heterocycles. The molecule has 4 heteroatoms. The van der Waals surface area contributed by atoms with Gasteiger partial charge >= 0.3 is 0 Å². The average Bonchev–Trinajstić information content (AvgIpc) is 3.01. The molecule has 0 aliphatic rings. The van der Waals surface area contributed by atoms with Crippen molar-refractivity contribution < 1.29 is 4.42 Å². The zero-order valence-corrected chi connectivity index (χ0v) is 12.8. The summed E-state index contributed by atoms with van der Waals surface area (Å²) < 4.78 is 5.72. The van der Waals surface area contributed by atoms with E-state index in [-0.39, 0.29) is 0 Å². The first-order valence-electron chi connectivity index (χ1n) is 6.81. The Hall–Kier alpha value is -1.81. The van der Waals surface area contributed by atoms with Crippen molar-refractivity contribution in [1.29, 1.82) is 0 Å². The molecule has 0 amide bonds. The van der Waals surface area contributed by atoms with Gasteiger partial charge in [-0.2, -0.15) is 0 Å². The van der Waals surface area contributed by atoms with Crippen LogP contribution in [0.3, 0.4) is 0 Å². The number of nitrogens with zero attached hydrogens (tertiary/aromatic N) is 1. The lowest BCUT2D eigenvalue weighted by atomic mass is 10.2. The van der Waals surface area contributed by atoms with E-state index < -0.39 is 0 Å². The second kappa shape index (κ2) is 5.29. The van der Waals surface area contributed by atoms with Crippen LogP contribution in [-0.2, 0) is 6.54 Å². The van der Waals surface area contributed by atoms with Gasteiger partial charge in [-0.25, -0.2) is 4.98 Å². The molecule has 0 unspecified atom stereocenters. The van der Waals surface area contributed by atoms with Crippen LogP contribution in [0.25, 0.3) is 11.1 Å². The molecular formula is C16H18N2OS. The molecule has 0 saturated heterocycles. The molecular weight excluding hydrogens is 268 g/mol. The number of hydrogen-bond acceptors (Lipinski definition) is 4. The minimum Gasteiger partial charge on any atom is -0.440 e. The highest BCUT2D eigenvalue weighted by Crippen LogP contribution is 2.24. The average molecular weight is 286 g/mol. The van der Waals surface area contributed by atoms with E-state index in [0.29, 0.717) is 5.92 Å². The molecule has 1 aromatic carbocycles. The molecule has 2 aromatic heterocycles. The van der Waals surface area contributed by atoms with Crippen molar-refractivity contribution in [2.24, 2.45) is 0 Å². The van der Waals surface area contributed by atoms with Crippen molar-refractivity contribution >= 4 is 28.1 Å². The minimum atomic E-state index is 0.313. The molecule has 20 heavy (non-hydrogen) atoms. The summed E-state index contributed by atoms with van der Waals surface area (Å²) in [7, 11) is 0. The number of nitrogens with one attached hydrogen (secondary N) is 1. The number of fused-ring (bicyclic) bond motifs is 1. The highest BCUT2D eigenvalue weighted by molar-refractivity contribution is 7.10. The normalized spacial score (nSPS) is 11.4. The molecule has 0 saturated carbocycles. The van der Waals surface area contributed by atoms with E-state index in [4.69, 9.17) is 4.42 Å². The monoisotopic (exact) mass is 286 g/mol. The fourth-order valence-electron chi connectivity index (χ4n) is 2.07. The van der Waals surface area contributed by atoms with Crippen molar-refractivity contribution in [3.8, 4) is 0 Å². The summed E-state index contributed by atoms with van der Waals surface area (Å²) >= 11 is 1.78. The van der Waals surface area contributed by atoms with Gasteiger partial charge in [-0.05, 0) is 42.1 Å². The minimum absolute atomic E-state index is 0.313.